The van der Waals surface area contributed by atoms with Gasteiger partial charge in [-0.05, 0) is 37.1 Å². The number of hydrogen-bond donors (Lipinski definition) is 1. The second kappa shape index (κ2) is 5.17. The number of rotatable bonds is 3. The maximum Gasteiger partial charge on any atom is 0.354 e. The average Bonchev–Trinajstić information content (AvgIpc) is 2.68. The van der Waals surface area contributed by atoms with E-state index in [-0.39, 0.29) is 11.6 Å². The van der Waals surface area contributed by atoms with E-state index in [0.29, 0.717) is 0 Å². The standard InChI is InChI=1S/C14H15BrN2O2/c1-8(2)12-9(3)13(14(18)19)17(16-12)11-6-4-10(15)5-7-11/h4-8H,1-3H3,(H,18,19). The van der Waals surface area contributed by atoms with Crippen LogP contribution in [0.3, 0.4) is 0 Å². The van der Waals surface area contributed by atoms with Crippen LogP contribution in [-0.2, 0) is 0 Å². The van der Waals surface area contributed by atoms with E-state index in [1.54, 1.807) is 6.92 Å². The quantitative estimate of drug-likeness (QED) is 0.935. The third kappa shape index (κ3) is 2.56. The van der Waals surface area contributed by atoms with Crippen LogP contribution in [0, 0.1) is 6.92 Å². The van der Waals surface area contributed by atoms with Crippen molar-refractivity contribution in [3.63, 3.8) is 0 Å². The minimum atomic E-state index is -0.959. The molecule has 0 unspecified atom stereocenters. The van der Waals surface area contributed by atoms with E-state index in [1.165, 1.54) is 4.68 Å². The van der Waals surface area contributed by atoms with Crippen LogP contribution in [0.2, 0.25) is 0 Å². The Labute approximate surface area is 120 Å². The van der Waals surface area contributed by atoms with Gasteiger partial charge in [0.25, 0.3) is 0 Å². The number of aromatic carboxylic acids is 1. The van der Waals surface area contributed by atoms with Crippen LogP contribution in [-0.4, -0.2) is 20.9 Å². The molecule has 1 N–H and O–H groups in total. The molecule has 0 aliphatic heterocycles. The fraction of sp³-hybridized carbons (Fsp3) is 0.286. The molecule has 0 atom stereocenters. The average molecular weight is 323 g/mol. The Kier molecular flexibility index (Phi) is 3.75. The van der Waals surface area contributed by atoms with Crippen LogP contribution in [0.5, 0.6) is 0 Å². The van der Waals surface area contributed by atoms with Crippen LogP contribution < -0.4 is 0 Å². The summed E-state index contributed by atoms with van der Waals surface area (Å²) in [5.41, 5.74) is 2.52. The van der Waals surface area contributed by atoms with Crippen LogP contribution in [0.25, 0.3) is 5.69 Å². The van der Waals surface area contributed by atoms with Crippen molar-refractivity contribution in [3.05, 3.63) is 45.7 Å². The Balaban J connectivity index is 2.65. The number of hydrogen-bond acceptors (Lipinski definition) is 2. The van der Waals surface area contributed by atoms with Gasteiger partial charge in [0.15, 0.2) is 5.69 Å². The van der Waals surface area contributed by atoms with E-state index in [1.807, 2.05) is 38.1 Å². The van der Waals surface area contributed by atoms with Gasteiger partial charge in [-0.1, -0.05) is 29.8 Å². The van der Waals surface area contributed by atoms with Gasteiger partial charge in [-0.25, -0.2) is 9.48 Å². The van der Waals surface area contributed by atoms with Gasteiger partial charge in [-0.15, -0.1) is 0 Å². The van der Waals surface area contributed by atoms with Gasteiger partial charge >= 0.3 is 5.97 Å². The van der Waals surface area contributed by atoms with Crippen LogP contribution in [0.4, 0.5) is 0 Å². The van der Waals surface area contributed by atoms with Gasteiger partial charge in [0.1, 0.15) is 0 Å². The summed E-state index contributed by atoms with van der Waals surface area (Å²) in [6, 6.07) is 7.42. The third-order valence-electron chi connectivity index (χ3n) is 2.98. The summed E-state index contributed by atoms with van der Waals surface area (Å²) in [5, 5.41) is 13.8. The van der Waals surface area contributed by atoms with Gasteiger partial charge in [0.05, 0.1) is 11.4 Å². The number of halogens is 1. The number of aromatic nitrogens is 2. The summed E-state index contributed by atoms with van der Waals surface area (Å²) >= 11 is 3.36. The Morgan fingerprint density at radius 2 is 1.89 bits per heavy atom. The molecule has 0 saturated heterocycles. The number of carboxylic acid groups (broad SMARTS) is 1. The second-order valence-corrected chi connectivity index (χ2v) is 5.62. The number of carboxylic acids is 1. The summed E-state index contributed by atoms with van der Waals surface area (Å²) in [6.07, 6.45) is 0. The summed E-state index contributed by atoms with van der Waals surface area (Å²) in [6.45, 7) is 5.82. The van der Waals surface area contributed by atoms with Gasteiger partial charge in [0, 0.05) is 10.0 Å². The molecule has 0 aliphatic rings. The topological polar surface area (TPSA) is 55.1 Å². The molecule has 1 aromatic heterocycles. The molecule has 4 nitrogen and oxygen atoms in total. The minimum Gasteiger partial charge on any atom is -0.477 e. The molecular formula is C14H15BrN2O2. The third-order valence-corrected chi connectivity index (χ3v) is 3.51. The molecule has 0 radical (unpaired) electrons. The first kappa shape index (κ1) is 13.8. The maximum atomic E-state index is 11.4. The zero-order valence-electron chi connectivity index (χ0n) is 11.0. The van der Waals surface area contributed by atoms with Gasteiger partial charge < -0.3 is 5.11 Å². The first-order chi connectivity index (χ1) is 8.91. The van der Waals surface area contributed by atoms with Gasteiger partial charge in [0.2, 0.25) is 0 Å². The molecule has 1 aromatic carbocycles. The van der Waals surface area contributed by atoms with Crippen molar-refractivity contribution in [2.45, 2.75) is 26.7 Å². The molecule has 0 amide bonds. The van der Waals surface area contributed by atoms with E-state index >= 15 is 0 Å². The maximum absolute atomic E-state index is 11.4. The van der Waals surface area contributed by atoms with Crippen molar-refractivity contribution in [1.29, 1.82) is 0 Å². The zero-order valence-corrected chi connectivity index (χ0v) is 12.6. The zero-order chi connectivity index (χ0) is 14.2. The fourth-order valence-electron chi connectivity index (χ4n) is 2.08. The van der Waals surface area contributed by atoms with E-state index in [2.05, 4.69) is 21.0 Å². The summed E-state index contributed by atoms with van der Waals surface area (Å²) < 4.78 is 2.44. The molecule has 0 aliphatic carbocycles. The summed E-state index contributed by atoms with van der Waals surface area (Å²) in [5.74, 6) is -0.769. The highest BCUT2D eigenvalue weighted by Gasteiger charge is 2.22. The van der Waals surface area contributed by atoms with Crippen LogP contribution >= 0.6 is 15.9 Å². The lowest BCUT2D eigenvalue weighted by molar-refractivity contribution is 0.0686. The first-order valence-electron chi connectivity index (χ1n) is 6.00. The summed E-state index contributed by atoms with van der Waals surface area (Å²) in [7, 11) is 0. The molecule has 0 fully saturated rings. The Morgan fingerprint density at radius 3 is 2.37 bits per heavy atom. The van der Waals surface area contributed by atoms with Crippen molar-refractivity contribution in [3.8, 4) is 5.69 Å². The van der Waals surface area contributed by atoms with Crippen molar-refractivity contribution < 1.29 is 9.90 Å². The molecule has 2 aromatic rings. The SMILES string of the molecule is Cc1c(C(C)C)nn(-c2ccc(Br)cc2)c1C(=O)O. The Bertz CT molecular complexity index is 615. The summed E-state index contributed by atoms with van der Waals surface area (Å²) in [4.78, 5) is 11.4. The predicted molar refractivity (Wildman–Crippen MR) is 77.0 cm³/mol. The van der Waals surface area contributed by atoms with E-state index < -0.39 is 5.97 Å². The van der Waals surface area contributed by atoms with Crippen molar-refractivity contribution >= 4 is 21.9 Å². The van der Waals surface area contributed by atoms with Crippen molar-refractivity contribution in [2.75, 3.05) is 0 Å². The Hall–Kier alpha value is -1.62. The van der Waals surface area contributed by atoms with Crippen molar-refractivity contribution in [1.82, 2.24) is 9.78 Å². The fourth-order valence-corrected chi connectivity index (χ4v) is 2.35. The molecule has 2 rings (SSSR count). The lowest BCUT2D eigenvalue weighted by Crippen LogP contribution is -2.09. The molecule has 100 valence electrons. The highest BCUT2D eigenvalue weighted by molar-refractivity contribution is 9.10. The first-order valence-corrected chi connectivity index (χ1v) is 6.80. The number of nitrogens with zero attached hydrogens (tertiary/aromatic N) is 2. The van der Waals surface area contributed by atoms with Crippen LogP contribution in [0.1, 0.15) is 41.5 Å². The predicted octanol–water partition coefficient (Wildman–Crippen LogP) is 3.76. The van der Waals surface area contributed by atoms with Gasteiger partial charge in [-0.2, -0.15) is 5.10 Å². The van der Waals surface area contributed by atoms with E-state index in [9.17, 15) is 9.90 Å². The molecule has 19 heavy (non-hydrogen) atoms. The second-order valence-electron chi connectivity index (χ2n) is 4.71. The van der Waals surface area contributed by atoms with E-state index in [0.717, 1.165) is 21.4 Å². The lowest BCUT2D eigenvalue weighted by Gasteiger charge is -2.04. The molecule has 1 heterocycles. The molecular weight excluding hydrogens is 308 g/mol. The highest BCUT2D eigenvalue weighted by atomic mass is 79.9. The molecule has 5 heteroatoms. The van der Waals surface area contributed by atoms with Crippen LogP contribution in [0.15, 0.2) is 28.7 Å². The highest BCUT2D eigenvalue weighted by Crippen LogP contribution is 2.24. The largest absolute Gasteiger partial charge is 0.477 e. The molecule has 0 bridgehead atoms. The molecule has 0 saturated carbocycles. The monoisotopic (exact) mass is 322 g/mol. The molecule has 0 spiro atoms. The van der Waals surface area contributed by atoms with E-state index in [4.69, 9.17) is 0 Å². The van der Waals surface area contributed by atoms with Gasteiger partial charge in [-0.3, -0.25) is 0 Å². The Morgan fingerprint density at radius 1 is 1.32 bits per heavy atom. The normalized spacial score (nSPS) is 11.0. The number of benzene rings is 1. The van der Waals surface area contributed by atoms with Crippen molar-refractivity contribution in [2.24, 2.45) is 0 Å². The smallest absolute Gasteiger partial charge is 0.354 e. The number of carbonyl (C=O) groups is 1. The minimum absolute atomic E-state index is 0.190. The lowest BCUT2D eigenvalue weighted by atomic mass is 10.1.